The number of aliphatic hydroxyl groups is 1. The van der Waals surface area contributed by atoms with Crippen molar-refractivity contribution in [1.29, 1.82) is 0 Å². The van der Waals surface area contributed by atoms with E-state index in [1.165, 1.54) is 26.2 Å². The van der Waals surface area contributed by atoms with Crippen molar-refractivity contribution < 1.29 is 15.0 Å². The van der Waals surface area contributed by atoms with Gasteiger partial charge in [0.25, 0.3) is 0 Å². The van der Waals surface area contributed by atoms with Crippen LogP contribution >= 0.6 is 11.6 Å². The van der Waals surface area contributed by atoms with Crippen molar-refractivity contribution in [3.8, 4) is 0 Å². The topological polar surface area (TPSA) is 57.5 Å². The molecule has 0 radical (unpaired) electrons. The Morgan fingerprint density at radius 2 is 1.95 bits per heavy atom. The Morgan fingerprint density at radius 3 is 2.47 bits per heavy atom. The molecule has 104 valence electrons. The molecular formula is C15H19ClO3. The molecule has 0 spiro atoms. The summed E-state index contributed by atoms with van der Waals surface area (Å²) in [4.78, 5) is 11.0. The third-order valence-corrected chi connectivity index (χ3v) is 4.35. The van der Waals surface area contributed by atoms with Gasteiger partial charge in [0.2, 0.25) is 0 Å². The molecule has 19 heavy (non-hydrogen) atoms. The Morgan fingerprint density at radius 1 is 1.32 bits per heavy atom. The maximum absolute atomic E-state index is 11.0. The van der Waals surface area contributed by atoms with Crippen molar-refractivity contribution in [2.45, 2.75) is 50.5 Å². The quantitative estimate of drug-likeness (QED) is 0.889. The summed E-state index contributed by atoms with van der Waals surface area (Å²) in [6.45, 7) is 1.27. The Balaban J connectivity index is 2.29. The standard InChI is InChI=1S/C15H19ClO3/c1-15(19,14(17)18)11-7-8-12(13(16)9-11)10-5-3-2-4-6-10/h7-10,19H,2-6H2,1H3,(H,17,18). The number of halogens is 1. The average molecular weight is 283 g/mol. The van der Waals surface area contributed by atoms with Gasteiger partial charge in [0.05, 0.1) is 0 Å². The first-order chi connectivity index (χ1) is 8.93. The molecule has 1 aliphatic carbocycles. The van der Waals surface area contributed by atoms with Crippen LogP contribution in [-0.4, -0.2) is 16.2 Å². The fourth-order valence-corrected chi connectivity index (χ4v) is 3.03. The zero-order chi connectivity index (χ0) is 14.0. The van der Waals surface area contributed by atoms with Crippen LogP contribution in [-0.2, 0) is 10.4 Å². The van der Waals surface area contributed by atoms with E-state index in [1.807, 2.05) is 6.07 Å². The number of carboxylic acids is 1. The second-order valence-corrected chi connectivity index (χ2v) is 5.86. The lowest BCUT2D eigenvalue weighted by Crippen LogP contribution is -2.31. The van der Waals surface area contributed by atoms with Crippen molar-refractivity contribution in [2.75, 3.05) is 0 Å². The van der Waals surface area contributed by atoms with Crippen molar-refractivity contribution in [2.24, 2.45) is 0 Å². The highest BCUT2D eigenvalue weighted by Crippen LogP contribution is 2.37. The Labute approximate surface area is 118 Å². The third kappa shape index (κ3) is 2.93. The molecule has 2 rings (SSSR count). The Hall–Kier alpha value is -1.06. The molecule has 0 aliphatic heterocycles. The molecule has 2 N–H and O–H groups in total. The summed E-state index contributed by atoms with van der Waals surface area (Å²) in [6, 6.07) is 5.12. The van der Waals surface area contributed by atoms with Crippen molar-refractivity contribution in [3.05, 3.63) is 34.3 Å². The van der Waals surface area contributed by atoms with Gasteiger partial charge in [-0.3, -0.25) is 0 Å². The first kappa shape index (κ1) is 14.4. The van der Waals surface area contributed by atoms with E-state index in [-0.39, 0.29) is 0 Å². The van der Waals surface area contributed by atoms with E-state index in [0.717, 1.165) is 18.4 Å². The van der Waals surface area contributed by atoms with Crippen LogP contribution < -0.4 is 0 Å². The van der Waals surface area contributed by atoms with Gasteiger partial charge in [0.1, 0.15) is 0 Å². The lowest BCUT2D eigenvalue weighted by atomic mass is 9.83. The van der Waals surface area contributed by atoms with E-state index in [4.69, 9.17) is 16.7 Å². The maximum atomic E-state index is 11.0. The molecule has 1 aromatic rings. The summed E-state index contributed by atoms with van der Waals surface area (Å²) in [6.07, 6.45) is 5.98. The Kier molecular flexibility index (Phi) is 4.16. The van der Waals surface area contributed by atoms with E-state index in [2.05, 4.69) is 0 Å². The van der Waals surface area contributed by atoms with Gasteiger partial charge < -0.3 is 10.2 Å². The molecule has 1 saturated carbocycles. The zero-order valence-corrected chi connectivity index (χ0v) is 11.8. The smallest absolute Gasteiger partial charge is 0.340 e. The lowest BCUT2D eigenvalue weighted by Gasteiger charge is -2.25. The molecular weight excluding hydrogens is 264 g/mol. The van der Waals surface area contributed by atoms with E-state index < -0.39 is 11.6 Å². The minimum absolute atomic E-state index is 0.324. The predicted molar refractivity (Wildman–Crippen MR) is 74.5 cm³/mol. The number of aliphatic carboxylic acids is 1. The highest BCUT2D eigenvalue weighted by atomic mass is 35.5. The van der Waals surface area contributed by atoms with Crippen LogP contribution in [0.3, 0.4) is 0 Å². The van der Waals surface area contributed by atoms with Crippen LogP contribution in [0.25, 0.3) is 0 Å². The van der Waals surface area contributed by atoms with Gasteiger partial charge in [-0.1, -0.05) is 43.0 Å². The average Bonchev–Trinajstić information content (AvgIpc) is 2.39. The molecule has 0 aromatic heterocycles. The summed E-state index contributed by atoms with van der Waals surface area (Å²) < 4.78 is 0. The minimum Gasteiger partial charge on any atom is -0.479 e. The van der Waals surface area contributed by atoms with Crippen molar-refractivity contribution in [1.82, 2.24) is 0 Å². The van der Waals surface area contributed by atoms with E-state index >= 15 is 0 Å². The number of rotatable bonds is 3. The molecule has 1 unspecified atom stereocenters. The summed E-state index contributed by atoms with van der Waals surface area (Å²) in [5.41, 5.74) is -0.495. The fourth-order valence-electron chi connectivity index (χ4n) is 2.70. The number of hydrogen-bond donors (Lipinski definition) is 2. The number of carboxylic acid groups (broad SMARTS) is 1. The molecule has 0 saturated heterocycles. The third-order valence-electron chi connectivity index (χ3n) is 4.02. The number of benzene rings is 1. The molecule has 4 heteroatoms. The molecule has 1 aliphatic rings. The van der Waals surface area contributed by atoms with Gasteiger partial charge in [-0.25, -0.2) is 4.79 Å². The highest BCUT2D eigenvalue weighted by Gasteiger charge is 2.33. The van der Waals surface area contributed by atoms with Crippen LogP contribution in [0.1, 0.15) is 56.1 Å². The molecule has 0 bridgehead atoms. The lowest BCUT2D eigenvalue weighted by molar-refractivity contribution is -0.157. The summed E-state index contributed by atoms with van der Waals surface area (Å²) in [7, 11) is 0. The highest BCUT2D eigenvalue weighted by molar-refractivity contribution is 6.31. The van der Waals surface area contributed by atoms with E-state index in [0.29, 0.717) is 16.5 Å². The first-order valence-corrected chi connectivity index (χ1v) is 7.06. The summed E-state index contributed by atoms with van der Waals surface area (Å²) >= 11 is 6.27. The molecule has 1 aromatic carbocycles. The van der Waals surface area contributed by atoms with Gasteiger partial charge >= 0.3 is 5.97 Å². The van der Waals surface area contributed by atoms with Crippen LogP contribution in [0.15, 0.2) is 18.2 Å². The van der Waals surface area contributed by atoms with E-state index in [1.54, 1.807) is 12.1 Å². The monoisotopic (exact) mass is 282 g/mol. The van der Waals surface area contributed by atoms with Crippen molar-refractivity contribution in [3.63, 3.8) is 0 Å². The number of hydrogen-bond acceptors (Lipinski definition) is 2. The van der Waals surface area contributed by atoms with Gasteiger partial charge in [-0.05, 0) is 42.9 Å². The van der Waals surface area contributed by atoms with Crippen LogP contribution in [0, 0.1) is 0 Å². The van der Waals surface area contributed by atoms with Crippen molar-refractivity contribution >= 4 is 17.6 Å². The normalized spacial score (nSPS) is 19.9. The Bertz CT molecular complexity index is 476. The second kappa shape index (κ2) is 5.51. The zero-order valence-electron chi connectivity index (χ0n) is 11.0. The molecule has 0 heterocycles. The maximum Gasteiger partial charge on any atom is 0.340 e. The van der Waals surface area contributed by atoms with E-state index in [9.17, 15) is 9.90 Å². The molecule has 3 nitrogen and oxygen atoms in total. The van der Waals surface area contributed by atoms with Gasteiger partial charge in [0.15, 0.2) is 5.60 Å². The molecule has 1 fully saturated rings. The molecule has 0 amide bonds. The SMILES string of the molecule is CC(O)(C(=O)O)c1ccc(C2CCCCC2)c(Cl)c1. The summed E-state index contributed by atoms with van der Waals surface area (Å²) in [5, 5.41) is 19.5. The first-order valence-electron chi connectivity index (χ1n) is 6.68. The molecule has 1 atom stereocenters. The minimum atomic E-state index is -1.89. The van der Waals surface area contributed by atoms with Gasteiger partial charge in [0, 0.05) is 5.02 Å². The predicted octanol–water partition coefficient (Wildman–Crippen LogP) is 3.68. The number of carbonyl (C=O) groups is 1. The van der Waals surface area contributed by atoms with Crippen LogP contribution in [0.4, 0.5) is 0 Å². The van der Waals surface area contributed by atoms with Gasteiger partial charge in [-0.15, -0.1) is 0 Å². The fraction of sp³-hybridized carbons (Fsp3) is 0.533. The second-order valence-electron chi connectivity index (χ2n) is 5.45. The van der Waals surface area contributed by atoms with Crippen LogP contribution in [0.5, 0.6) is 0 Å². The summed E-state index contributed by atoms with van der Waals surface area (Å²) in [5.74, 6) is -0.806. The van der Waals surface area contributed by atoms with Crippen LogP contribution in [0.2, 0.25) is 5.02 Å². The van der Waals surface area contributed by atoms with Gasteiger partial charge in [-0.2, -0.15) is 0 Å². The largest absolute Gasteiger partial charge is 0.479 e.